The average molecular weight is 732 g/mol. The van der Waals surface area contributed by atoms with Gasteiger partial charge in [-0.25, -0.2) is 14.8 Å². The van der Waals surface area contributed by atoms with Gasteiger partial charge in [0.15, 0.2) is 0 Å². The molecule has 0 saturated carbocycles. The summed E-state index contributed by atoms with van der Waals surface area (Å²) in [7, 11) is 1.61. The molecule has 0 saturated heterocycles. The predicted molar refractivity (Wildman–Crippen MR) is 212 cm³/mol. The first-order valence-corrected chi connectivity index (χ1v) is 16.9. The van der Waals surface area contributed by atoms with Gasteiger partial charge in [0, 0.05) is 47.8 Å². The van der Waals surface area contributed by atoms with Crippen molar-refractivity contribution < 1.29 is 14.7 Å². The second kappa shape index (κ2) is 17.6. The van der Waals surface area contributed by atoms with E-state index in [1.165, 1.54) is 0 Å². The molecule has 0 radical (unpaired) electrons. The molecule has 4 aromatic carbocycles. The van der Waals surface area contributed by atoms with Gasteiger partial charge in [-0.05, 0) is 135 Å². The summed E-state index contributed by atoms with van der Waals surface area (Å²) in [4.78, 5) is 40.4. The van der Waals surface area contributed by atoms with E-state index < -0.39 is 5.97 Å². The maximum Gasteiger partial charge on any atom is 0.335 e. The van der Waals surface area contributed by atoms with Crippen LogP contribution in [0.15, 0.2) is 97.3 Å². The van der Waals surface area contributed by atoms with Crippen molar-refractivity contribution in [2.45, 2.75) is 27.7 Å². The van der Waals surface area contributed by atoms with E-state index in [-0.39, 0.29) is 11.5 Å². The van der Waals surface area contributed by atoms with Gasteiger partial charge in [0.05, 0.1) is 28.8 Å². The maximum absolute atomic E-state index is 11.9. The summed E-state index contributed by atoms with van der Waals surface area (Å²) in [6.07, 6.45) is 3.28. The molecule has 0 bridgehead atoms. The standard InChI is InChI=1S/C21H20N6O.C20H17N5O2/c1-13-10-16(20(28)23-3)11-14(2)19(13)26-18-8-9-24-21(27-18)25-17-6-4-15(12-22)5-7-17;1-12-9-15(19(26)27)10-13(2)18(12)24-17-7-8-22-20(25-17)23-16-5-3-14(11-21)4-6-16/h4-11H,1-3H3,(H,23,28)(H2,24,25,26,27);3-10H,1-2H3,(H,26,27)(H2,22,23,24,25). The Bertz CT molecular complexity index is 2390. The molecule has 6 aromatic rings. The Labute approximate surface area is 318 Å². The molecule has 6 rings (SSSR count). The summed E-state index contributed by atoms with van der Waals surface area (Å²) in [5.74, 6) is 0.979. The number of benzene rings is 4. The number of amides is 1. The zero-order valence-corrected chi connectivity index (χ0v) is 30.7. The Balaban J connectivity index is 0.000000211. The van der Waals surface area contributed by atoms with Gasteiger partial charge in [-0.1, -0.05) is 0 Å². The van der Waals surface area contributed by atoms with Crippen molar-refractivity contribution in [1.82, 2.24) is 25.3 Å². The number of aryl methyl sites for hydroxylation is 4. The molecular weight excluding hydrogens is 695 g/mol. The molecule has 14 nitrogen and oxygen atoms in total. The van der Waals surface area contributed by atoms with Crippen molar-refractivity contribution >= 4 is 58.2 Å². The van der Waals surface area contributed by atoms with Crippen LogP contribution in [-0.2, 0) is 0 Å². The lowest BCUT2D eigenvalue weighted by Crippen LogP contribution is -2.18. The smallest absolute Gasteiger partial charge is 0.335 e. The van der Waals surface area contributed by atoms with Crippen LogP contribution in [0.25, 0.3) is 0 Å². The van der Waals surface area contributed by atoms with E-state index in [0.717, 1.165) is 45.0 Å². The monoisotopic (exact) mass is 731 g/mol. The predicted octanol–water partition coefficient (Wildman–Crippen LogP) is 7.96. The number of hydrogen-bond acceptors (Lipinski definition) is 12. The van der Waals surface area contributed by atoms with E-state index in [1.54, 1.807) is 92.2 Å². The second-order valence-corrected chi connectivity index (χ2v) is 12.3. The number of carboxylic acid groups (broad SMARTS) is 1. The van der Waals surface area contributed by atoms with Crippen LogP contribution in [0.4, 0.5) is 46.3 Å². The summed E-state index contributed by atoms with van der Waals surface area (Å²) in [6.45, 7) is 7.58. The van der Waals surface area contributed by atoms with Gasteiger partial charge >= 0.3 is 5.97 Å². The number of hydrogen-bond donors (Lipinski definition) is 6. The van der Waals surface area contributed by atoms with Crippen LogP contribution in [0.2, 0.25) is 0 Å². The zero-order valence-electron chi connectivity index (χ0n) is 30.7. The summed E-state index contributed by atoms with van der Waals surface area (Å²) in [5.41, 5.74) is 8.82. The second-order valence-electron chi connectivity index (χ2n) is 12.3. The zero-order chi connectivity index (χ0) is 39.5. The maximum atomic E-state index is 11.9. The quantitative estimate of drug-likeness (QED) is 0.0790. The Morgan fingerprint density at radius 1 is 0.582 bits per heavy atom. The average Bonchev–Trinajstić information content (AvgIpc) is 3.18. The number of rotatable bonds is 10. The van der Waals surface area contributed by atoms with Crippen molar-refractivity contribution in [3.63, 3.8) is 0 Å². The summed E-state index contributed by atoms with van der Waals surface area (Å²) < 4.78 is 0. The van der Waals surface area contributed by atoms with Gasteiger partial charge in [-0.3, -0.25) is 4.79 Å². The number of aromatic carboxylic acids is 1. The van der Waals surface area contributed by atoms with Crippen LogP contribution in [-0.4, -0.2) is 44.0 Å². The van der Waals surface area contributed by atoms with E-state index >= 15 is 0 Å². The first-order chi connectivity index (χ1) is 26.5. The molecule has 0 aliphatic carbocycles. The van der Waals surface area contributed by atoms with Crippen LogP contribution in [0, 0.1) is 50.4 Å². The van der Waals surface area contributed by atoms with E-state index in [2.05, 4.69) is 58.7 Å². The SMILES string of the molecule is CNC(=O)c1cc(C)c(Nc2ccnc(Nc3ccc(C#N)cc3)n2)c(C)c1.Cc1cc(C(=O)O)cc(C)c1Nc1ccnc(Nc2ccc(C#N)cc2)n1. The minimum Gasteiger partial charge on any atom is -0.478 e. The molecule has 274 valence electrons. The highest BCUT2D eigenvalue weighted by atomic mass is 16.4. The summed E-state index contributed by atoms with van der Waals surface area (Å²) in [6, 6.07) is 28.6. The number of aromatic nitrogens is 4. The van der Waals surface area contributed by atoms with Crippen LogP contribution >= 0.6 is 0 Å². The minimum absolute atomic E-state index is 0.117. The summed E-state index contributed by atoms with van der Waals surface area (Å²) in [5, 5.41) is 42.3. The molecule has 14 heteroatoms. The number of nitrogens with one attached hydrogen (secondary N) is 5. The first-order valence-electron chi connectivity index (χ1n) is 16.9. The van der Waals surface area contributed by atoms with E-state index in [0.29, 0.717) is 40.2 Å². The molecule has 0 atom stereocenters. The largest absolute Gasteiger partial charge is 0.478 e. The molecule has 0 unspecified atom stereocenters. The summed E-state index contributed by atoms with van der Waals surface area (Å²) >= 11 is 0. The van der Waals surface area contributed by atoms with Crippen molar-refractivity contribution in [3.05, 3.63) is 142 Å². The van der Waals surface area contributed by atoms with E-state index in [9.17, 15) is 9.59 Å². The van der Waals surface area contributed by atoms with Crippen molar-refractivity contribution in [1.29, 1.82) is 10.5 Å². The Kier molecular flexibility index (Phi) is 12.3. The third-order valence-electron chi connectivity index (χ3n) is 8.16. The van der Waals surface area contributed by atoms with Crippen LogP contribution in [0.1, 0.15) is 54.1 Å². The lowest BCUT2D eigenvalue weighted by Gasteiger charge is -2.14. The Hall–Kier alpha value is -7.84. The highest BCUT2D eigenvalue weighted by Crippen LogP contribution is 2.27. The normalized spacial score (nSPS) is 10.1. The minimum atomic E-state index is -0.955. The first kappa shape index (κ1) is 38.4. The molecule has 6 N–H and O–H groups in total. The van der Waals surface area contributed by atoms with Crippen LogP contribution < -0.4 is 26.6 Å². The van der Waals surface area contributed by atoms with Crippen molar-refractivity contribution in [2.75, 3.05) is 28.3 Å². The fourth-order valence-electron chi connectivity index (χ4n) is 5.47. The van der Waals surface area contributed by atoms with E-state index in [1.807, 2.05) is 39.8 Å². The third kappa shape index (κ3) is 10.2. The highest BCUT2D eigenvalue weighted by molar-refractivity contribution is 5.95. The lowest BCUT2D eigenvalue weighted by molar-refractivity contribution is 0.0696. The molecule has 0 aliphatic heterocycles. The molecule has 2 aromatic heterocycles. The fraction of sp³-hybridized carbons (Fsp3) is 0.122. The van der Waals surface area contributed by atoms with Crippen molar-refractivity contribution in [3.8, 4) is 12.1 Å². The molecule has 0 aliphatic rings. The number of carboxylic acids is 1. The van der Waals surface area contributed by atoms with Crippen LogP contribution in [0.3, 0.4) is 0 Å². The number of carbonyl (C=O) groups is 2. The Morgan fingerprint density at radius 2 is 0.964 bits per heavy atom. The fourth-order valence-corrected chi connectivity index (χ4v) is 5.47. The number of anilines is 8. The molecule has 2 heterocycles. The number of nitrogens with zero attached hydrogens (tertiary/aromatic N) is 6. The van der Waals surface area contributed by atoms with Gasteiger partial charge in [-0.15, -0.1) is 0 Å². The van der Waals surface area contributed by atoms with Gasteiger partial charge in [0.1, 0.15) is 11.6 Å². The molecular formula is C41H37N11O3. The van der Waals surface area contributed by atoms with Crippen LogP contribution in [0.5, 0.6) is 0 Å². The third-order valence-corrected chi connectivity index (χ3v) is 8.16. The van der Waals surface area contributed by atoms with Gasteiger partial charge in [0.2, 0.25) is 11.9 Å². The highest BCUT2D eigenvalue weighted by Gasteiger charge is 2.13. The lowest BCUT2D eigenvalue weighted by atomic mass is 10.0. The van der Waals surface area contributed by atoms with E-state index in [4.69, 9.17) is 15.6 Å². The van der Waals surface area contributed by atoms with Gasteiger partial charge < -0.3 is 31.7 Å². The van der Waals surface area contributed by atoms with Crippen molar-refractivity contribution in [2.24, 2.45) is 0 Å². The van der Waals surface area contributed by atoms with Gasteiger partial charge in [-0.2, -0.15) is 20.5 Å². The molecule has 55 heavy (non-hydrogen) atoms. The number of nitriles is 2. The Morgan fingerprint density at radius 3 is 1.31 bits per heavy atom. The molecule has 0 fully saturated rings. The molecule has 0 spiro atoms. The number of carbonyl (C=O) groups excluding carboxylic acids is 1. The molecule has 1 amide bonds. The van der Waals surface area contributed by atoms with Gasteiger partial charge in [0.25, 0.3) is 5.91 Å². The topological polar surface area (TPSA) is 214 Å².